The molecule has 0 saturated carbocycles. The number of anilines is 2. The number of piperidine rings is 1. The molecule has 1 aromatic heterocycles. The average Bonchev–Trinajstić information content (AvgIpc) is 2.62. The monoisotopic (exact) mass is 342 g/mol. The van der Waals surface area contributed by atoms with Crippen molar-refractivity contribution in [2.24, 2.45) is 5.92 Å². The van der Waals surface area contributed by atoms with Crippen LogP contribution in [-0.4, -0.2) is 24.0 Å². The van der Waals surface area contributed by atoms with E-state index in [1.807, 2.05) is 0 Å². The minimum Gasteiger partial charge on any atom is -0.367 e. The van der Waals surface area contributed by atoms with Crippen molar-refractivity contribution in [2.75, 3.05) is 23.3 Å². The third kappa shape index (κ3) is 3.74. The minimum atomic E-state index is -0.757. The van der Waals surface area contributed by atoms with Gasteiger partial charge in [0.2, 0.25) is 5.91 Å². The number of rotatable bonds is 3. The van der Waals surface area contributed by atoms with Crippen molar-refractivity contribution in [1.82, 2.24) is 4.98 Å². The molecule has 1 aliphatic rings. The zero-order valence-corrected chi connectivity index (χ0v) is 13.4. The molecule has 1 N–H and O–H groups in total. The van der Waals surface area contributed by atoms with Crippen LogP contribution in [0.25, 0.3) is 0 Å². The minimum absolute atomic E-state index is 0.0524. The molecule has 1 amide bonds. The van der Waals surface area contributed by atoms with Crippen LogP contribution in [0.5, 0.6) is 0 Å². The van der Waals surface area contributed by atoms with Crippen LogP contribution in [-0.2, 0) is 4.79 Å². The molecule has 2 aromatic rings. The first-order chi connectivity index (χ1) is 12.1. The van der Waals surface area contributed by atoms with Gasteiger partial charge in [0.05, 0.1) is 11.6 Å². The van der Waals surface area contributed by atoms with E-state index in [9.17, 15) is 13.6 Å². The Morgan fingerprint density at radius 3 is 2.48 bits per heavy atom. The van der Waals surface area contributed by atoms with E-state index in [1.165, 1.54) is 0 Å². The topological polar surface area (TPSA) is 69.0 Å². The first-order valence-corrected chi connectivity index (χ1v) is 7.94. The highest BCUT2D eigenvalue weighted by atomic mass is 19.1. The second-order valence-corrected chi connectivity index (χ2v) is 5.87. The van der Waals surface area contributed by atoms with Gasteiger partial charge in [-0.15, -0.1) is 0 Å². The maximum atomic E-state index is 14.1. The van der Waals surface area contributed by atoms with Crippen LogP contribution < -0.4 is 10.2 Å². The molecule has 1 aromatic carbocycles. The predicted molar refractivity (Wildman–Crippen MR) is 88.9 cm³/mol. The van der Waals surface area contributed by atoms with Gasteiger partial charge in [-0.05, 0) is 37.1 Å². The summed E-state index contributed by atoms with van der Waals surface area (Å²) in [6, 6.07) is 9.02. The number of halogens is 2. The van der Waals surface area contributed by atoms with E-state index in [0.29, 0.717) is 31.7 Å². The molecule has 1 aliphatic heterocycles. The van der Waals surface area contributed by atoms with E-state index in [-0.39, 0.29) is 23.1 Å². The molecule has 5 nitrogen and oxygen atoms in total. The summed E-state index contributed by atoms with van der Waals surface area (Å²) in [5.74, 6) is -1.40. The third-order valence-electron chi connectivity index (χ3n) is 4.24. The summed E-state index contributed by atoms with van der Waals surface area (Å²) in [6.45, 7) is 0.722. The summed E-state index contributed by atoms with van der Waals surface area (Å²) in [5, 5.41) is 11.5. The predicted octanol–water partition coefficient (Wildman–Crippen LogP) is 3.09. The van der Waals surface area contributed by atoms with Crippen LogP contribution in [0.2, 0.25) is 0 Å². The van der Waals surface area contributed by atoms with Crippen LogP contribution in [0.4, 0.5) is 20.3 Å². The Morgan fingerprint density at radius 2 is 1.92 bits per heavy atom. The van der Waals surface area contributed by atoms with Crippen molar-refractivity contribution >= 4 is 17.4 Å². The van der Waals surface area contributed by atoms with E-state index < -0.39 is 11.6 Å². The van der Waals surface area contributed by atoms with Gasteiger partial charge in [-0.2, -0.15) is 5.26 Å². The number of nitrogens with one attached hydrogen (secondary N) is 1. The van der Waals surface area contributed by atoms with E-state index in [1.54, 1.807) is 35.4 Å². The highest BCUT2D eigenvalue weighted by molar-refractivity contribution is 5.91. The molecule has 7 heteroatoms. The third-order valence-corrected chi connectivity index (χ3v) is 4.24. The van der Waals surface area contributed by atoms with E-state index >= 15 is 0 Å². The van der Waals surface area contributed by atoms with Crippen LogP contribution in [0.15, 0.2) is 36.5 Å². The fourth-order valence-corrected chi connectivity index (χ4v) is 2.96. The van der Waals surface area contributed by atoms with Crippen molar-refractivity contribution < 1.29 is 13.6 Å². The molecule has 0 aliphatic carbocycles. The zero-order valence-electron chi connectivity index (χ0n) is 13.4. The number of hydrogen-bond donors (Lipinski definition) is 1. The number of aromatic nitrogens is 1. The van der Waals surface area contributed by atoms with Gasteiger partial charge in [-0.3, -0.25) is 4.79 Å². The lowest BCUT2D eigenvalue weighted by atomic mass is 9.95. The van der Waals surface area contributed by atoms with Crippen LogP contribution in [0, 0.1) is 28.9 Å². The summed E-state index contributed by atoms with van der Waals surface area (Å²) in [7, 11) is 0. The number of benzene rings is 1. The number of hydrogen-bond acceptors (Lipinski definition) is 4. The van der Waals surface area contributed by atoms with Crippen LogP contribution >= 0.6 is 0 Å². The SMILES string of the molecule is N#Cc1cc(F)c(N2CCC(C(=O)Nc3ccccn3)CC2)c(F)c1. The maximum absolute atomic E-state index is 14.1. The smallest absolute Gasteiger partial charge is 0.228 e. The largest absolute Gasteiger partial charge is 0.367 e. The molecular weight excluding hydrogens is 326 g/mol. The number of pyridine rings is 1. The second-order valence-electron chi connectivity index (χ2n) is 5.87. The fourth-order valence-electron chi connectivity index (χ4n) is 2.96. The summed E-state index contributed by atoms with van der Waals surface area (Å²) >= 11 is 0. The molecular formula is C18H16F2N4O. The van der Waals surface area contributed by atoms with Gasteiger partial charge in [0.25, 0.3) is 0 Å². The van der Waals surface area contributed by atoms with Crippen molar-refractivity contribution in [2.45, 2.75) is 12.8 Å². The lowest BCUT2D eigenvalue weighted by Gasteiger charge is -2.33. The summed E-state index contributed by atoms with van der Waals surface area (Å²) in [6.07, 6.45) is 2.56. The number of carbonyl (C=O) groups is 1. The van der Waals surface area contributed by atoms with Crippen molar-refractivity contribution in [1.29, 1.82) is 5.26 Å². The van der Waals surface area contributed by atoms with E-state index in [0.717, 1.165) is 12.1 Å². The van der Waals surface area contributed by atoms with Crippen LogP contribution in [0.3, 0.4) is 0 Å². The van der Waals surface area contributed by atoms with Gasteiger partial charge in [0.1, 0.15) is 11.5 Å². The van der Waals surface area contributed by atoms with Gasteiger partial charge < -0.3 is 10.2 Å². The molecule has 3 rings (SSSR count). The van der Waals surface area contributed by atoms with Gasteiger partial charge >= 0.3 is 0 Å². The first kappa shape index (κ1) is 16.8. The molecule has 25 heavy (non-hydrogen) atoms. The molecule has 0 radical (unpaired) electrons. The first-order valence-electron chi connectivity index (χ1n) is 7.94. The summed E-state index contributed by atoms with van der Waals surface area (Å²) in [5.41, 5.74) is -0.189. The standard InChI is InChI=1S/C18H16F2N4O/c19-14-9-12(11-21)10-15(20)17(14)24-7-4-13(5-8-24)18(25)23-16-3-1-2-6-22-16/h1-3,6,9-10,13H,4-5,7-8H2,(H,22,23,25). The normalized spacial score (nSPS) is 14.8. The molecule has 0 spiro atoms. The van der Waals surface area contributed by atoms with Gasteiger partial charge in [0, 0.05) is 25.2 Å². The Balaban J connectivity index is 1.64. The van der Waals surface area contributed by atoms with E-state index in [2.05, 4.69) is 10.3 Å². The number of nitriles is 1. The zero-order chi connectivity index (χ0) is 17.8. The molecule has 1 fully saturated rings. The summed E-state index contributed by atoms with van der Waals surface area (Å²) in [4.78, 5) is 17.9. The molecule has 1 saturated heterocycles. The summed E-state index contributed by atoms with van der Waals surface area (Å²) < 4.78 is 28.2. The van der Waals surface area contributed by atoms with Crippen molar-refractivity contribution in [3.8, 4) is 6.07 Å². The number of amides is 1. The Kier molecular flexibility index (Phi) is 4.89. The molecule has 0 atom stereocenters. The van der Waals surface area contributed by atoms with Crippen molar-refractivity contribution in [3.05, 3.63) is 53.7 Å². The molecule has 128 valence electrons. The van der Waals surface area contributed by atoms with Crippen LogP contribution in [0.1, 0.15) is 18.4 Å². The second kappa shape index (κ2) is 7.26. The fraction of sp³-hybridized carbons (Fsp3) is 0.278. The highest BCUT2D eigenvalue weighted by Gasteiger charge is 2.28. The maximum Gasteiger partial charge on any atom is 0.228 e. The Bertz CT molecular complexity index is 789. The molecule has 2 heterocycles. The Labute approximate surface area is 143 Å². The lowest BCUT2D eigenvalue weighted by Crippen LogP contribution is -2.39. The van der Waals surface area contributed by atoms with E-state index in [4.69, 9.17) is 5.26 Å². The molecule has 0 bridgehead atoms. The quantitative estimate of drug-likeness (QED) is 0.931. The van der Waals surface area contributed by atoms with Crippen molar-refractivity contribution in [3.63, 3.8) is 0 Å². The lowest BCUT2D eigenvalue weighted by molar-refractivity contribution is -0.120. The van der Waals surface area contributed by atoms with Gasteiger partial charge in [0.15, 0.2) is 11.6 Å². The van der Waals surface area contributed by atoms with Gasteiger partial charge in [-0.25, -0.2) is 13.8 Å². The molecule has 0 unspecified atom stereocenters. The van der Waals surface area contributed by atoms with Gasteiger partial charge in [-0.1, -0.05) is 6.07 Å². The Morgan fingerprint density at radius 1 is 1.24 bits per heavy atom. The number of nitrogens with zero attached hydrogens (tertiary/aromatic N) is 3. The Hall–Kier alpha value is -3.01. The highest BCUT2D eigenvalue weighted by Crippen LogP contribution is 2.29. The average molecular weight is 342 g/mol. The number of carbonyl (C=O) groups excluding carboxylic acids is 1.